The minimum Gasteiger partial charge on any atom is -0.492 e. The van der Waals surface area contributed by atoms with E-state index in [1.165, 1.54) is 12.4 Å². The molecule has 2 aromatic heterocycles. The summed E-state index contributed by atoms with van der Waals surface area (Å²) in [5.41, 5.74) is -1.06. The lowest BCUT2D eigenvalue weighted by Gasteiger charge is -2.08. The Kier molecular flexibility index (Phi) is 10.6. The van der Waals surface area contributed by atoms with Crippen molar-refractivity contribution in [3.63, 3.8) is 0 Å². The first-order valence-corrected chi connectivity index (χ1v) is 8.41. The van der Waals surface area contributed by atoms with Crippen LogP contribution >= 0.6 is 0 Å². The molecule has 0 aliphatic rings. The van der Waals surface area contributed by atoms with E-state index in [1.54, 1.807) is 31.2 Å². The Labute approximate surface area is 159 Å². The molecule has 10 nitrogen and oxygen atoms in total. The van der Waals surface area contributed by atoms with Crippen molar-refractivity contribution in [1.82, 2.24) is 10.3 Å². The van der Waals surface area contributed by atoms with Gasteiger partial charge in [-0.15, -0.1) is 0 Å². The van der Waals surface area contributed by atoms with Gasteiger partial charge in [0.1, 0.15) is 5.58 Å². The van der Waals surface area contributed by atoms with Crippen LogP contribution in [0.2, 0.25) is 0 Å². The summed E-state index contributed by atoms with van der Waals surface area (Å²) >= 11 is 0. The van der Waals surface area contributed by atoms with Crippen molar-refractivity contribution >= 4 is 16.9 Å². The number of aromatic carboxylic acids is 1. The Hall–Kier alpha value is -3.24. The summed E-state index contributed by atoms with van der Waals surface area (Å²) < 4.78 is 14.3. The highest BCUT2D eigenvalue weighted by molar-refractivity contribution is 5.97. The summed E-state index contributed by atoms with van der Waals surface area (Å²) in [6.45, 7) is 2.38. The lowest BCUT2D eigenvalue weighted by atomic mass is 10.1. The quantitative estimate of drug-likeness (QED) is 0.415. The molecule has 3 rings (SSSR count). The van der Waals surface area contributed by atoms with Crippen molar-refractivity contribution in [3.05, 3.63) is 52.6 Å². The second kappa shape index (κ2) is 13.0. The standard InChI is InChI=1S/C12H10O5.C4H10O2.C2H2N2O/c1-2-16-10-7-5-3-4-6-8(7)17-12(15)9(10)11(13)14;5-3-1-2-4-6;1-2-4-5-3-1/h3-6H,2H2,1H3,(H,13,14);5-6H,1-4H2;1-2H. The Bertz CT molecular complexity index is 856. The van der Waals surface area contributed by atoms with E-state index >= 15 is 0 Å². The number of aliphatic hydroxyl groups is 2. The molecule has 0 aliphatic carbocycles. The van der Waals surface area contributed by atoms with E-state index < -0.39 is 17.2 Å². The number of benzene rings is 1. The fourth-order valence-electron chi connectivity index (χ4n) is 1.96. The number of hydrogen-bond donors (Lipinski definition) is 3. The fraction of sp³-hybridized carbons (Fsp3) is 0.333. The van der Waals surface area contributed by atoms with E-state index in [0.717, 1.165) is 12.8 Å². The lowest BCUT2D eigenvalue weighted by Crippen LogP contribution is -2.16. The van der Waals surface area contributed by atoms with Crippen LogP contribution in [0.1, 0.15) is 30.1 Å². The number of unbranched alkanes of at least 4 members (excludes halogenated alkanes) is 1. The lowest BCUT2D eigenvalue weighted by molar-refractivity contribution is 0.0688. The van der Waals surface area contributed by atoms with Crippen molar-refractivity contribution in [2.45, 2.75) is 19.8 Å². The number of fused-ring (bicyclic) bond motifs is 1. The maximum atomic E-state index is 11.5. The van der Waals surface area contributed by atoms with Gasteiger partial charge < -0.3 is 24.5 Å². The number of nitrogens with zero attached hydrogens (tertiary/aromatic N) is 2. The first-order valence-electron chi connectivity index (χ1n) is 8.41. The van der Waals surface area contributed by atoms with E-state index in [0.29, 0.717) is 11.0 Å². The molecule has 0 fully saturated rings. The molecule has 0 unspecified atom stereocenters. The maximum absolute atomic E-state index is 11.5. The van der Waals surface area contributed by atoms with Gasteiger partial charge in [0, 0.05) is 13.2 Å². The zero-order chi connectivity index (χ0) is 20.8. The normalized spacial score (nSPS) is 9.68. The van der Waals surface area contributed by atoms with Crippen molar-refractivity contribution < 1.29 is 33.9 Å². The van der Waals surface area contributed by atoms with Crippen LogP contribution in [0, 0.1) is 0 Å². The second-order valence-corrected chi connectivity index (χ2v) is 5.07. The van der Waals surface area contributed by atoms with Crippen LogP contribution in [-0.2, 0) is 0 Å². The summed E-state index contributed by atoms with van der Waals surface area (Å²) in [5.74, 6) is -1.29. The molecule has 152 valence electrons. The van der Waals surface area contributed by atoms with Gasteiger partial charge in [0.2, 0.25) is 0 Å². The largest absolute Gasteiger partial charge is 0.492 e. The molecule has 0 aliphatic heterocycles. The van der Waals surface area contributed by atoms with Crippen LogP contribution in [-0.4, -0.2) is 51.4 Å². The highest BCUT2D eigenvalue weighted by Crippen LogP contribution is 2.27. The van der Waals surface area contributed by atoms with E-state index in [4.69, 9.17) is 24.5 Å². The summed E-state index contributed by atoms with van der Waals surface area (Å²) in [7, 11) is 0. The van der Waals surface area contributed by atoms with E-state index in [9.17, 15) is 9.59 Å². The molecule has 2 heterocycles. The van der Waals surface area contributed by atoms with Crippen molar-refractivity contribution in [2.24, 2.45) is 0 Å². The van der Waals surface area contributed by atoms with Crippen LogP contribution in [0.4, 0.5) is 0 Å². The molecule has 0 saturated carbocycles. The third-order valence-electron chi connectivity index (χ3n) is 3.12. The number of carboxylic acid groups (broad SMARTS) is 1. The van der Waals surface area contributed by atoms with Crippen LogP contribution in [0.5, 0.6) is 5.75 Å². The first-order chi connectivity index (χ1) is 13.6. The zero-order valence-corrected chi connectivity index (χ0v) is 15.3. The number of para-hydroxylation sites is 1. The predicted octanol–water partition coefficient (Wildman–Crippen LogP) is 1.71. The Morgan fingerprint density at radius 1 is 1.11 bits per heavy atom. The van der Waals surface area contributed by atoms with E-state index in [1.807, 2.05) is 0 Å². The molecular formula is C18H22N2O8. The van der Waals surface area contributed by atoms with E-state index in [2.05, 4.69) is 14.9 Å². The minimum atomic E-state index is -1.35. The topological polar surface area (TPSA) is 156 Å². The molecule has 0 bridgehead atoms. The Balaban J connectivity index is 0.000000291. The van der Waals surface area contributed by atoms with E-state index in [-0.39, 0.29) is 25.6 Å². The number of carbonyl (C=O) groups is 1. The smallest absolute Gasteiger partial charge is 0.354 e. The highest BCUT2D eigenvalue weighted by Gasteiger charge is 2.21. The molecule has 3 aromatic rings. The second-order valence-electron chi connectivity index (χ2n) is 5.07. The van der Waals surface area contributed by atoms with Gasteiger partial charge in [-0.2, -0.15) is 0 Å². The molecule has 0 atom stereocenters. The first kappa shape index (κ1) is 22.8. The number of ether oxygens (including phenoxy) is 1. The van der Waals surface area contributed by atoms with Gasteiger partial charge >= 0.3 is 11.6 Å². The minimum absolute atomic E-state index is 0.0619. The molecule has 3 N–H and O–H groups in total. The fourth-order valence-corrected chi connectivity index (χ4v) is 1.96. The average Bonchev–Trinajstić information content (AvgIpc) is 3.27. The molecule has 0 spiro atoms. The molecule has 10 heteroatoms. The van der Waals surface area contributed by atoms with Gasteiger partial charge in [0.05, 0.1) is 24.4 Å². The number of hydrogen-bond acceptors (Lipinski definition) is 9. The molecular weight excluding hydrogens is 372 g/mol. The predicted molar refractivity (Wildman–Crippen MR) is 98.3 cm³/mol. The number of rotatable bonds is 6. The van der Waals surface area contributed by atoms with Crippen molar-refractivity contribution in [1.29, 1.82) is 0 Å². The summed E-state index contributed by atoms with van der Waals surface area (Å²) in [6, 6.07) is 6.65. The molecule has 0 saturated heterocycles. The van der Waals surface area contributed by atoms with Gasteiger partial charge in [0.15, 0.2) is 11.3 Å². The van der Waals surface area contributed by atoms with Gasteiger partial charge in [-0.3, -0.25) is 0 Å². The summed E-state index contributed by atoms with van der Waals surface area (Å²) in [4.78, 5) is 22.6. The van der Waals surface area contributed by atoms with Gasteiger partial charge in [-0.05, 0) is 31.9 Å². The summed E-state index contributed by atoms with van der Waals surface area (Å²) in [5, 5.41) is 32.1. The van der Waals surface area contributed by atoms with Gasteiger partial charge in [-0.25, -0.2) is 14.2 Å². The molecule has 0 radical (unpaired) electrons. The van der Waals surface area contributed by atoms with Crippen LogP contribution in [0.3, 0.4) is 0 Å². The maximum Gasteiger partial charge on any atom is 0.354 e. The van der Waals surface area contributed by atoms with Crippen LogP contribution < -0.4 is 10.4 Å². The monoisotopic (exact) mass is 394 g/mol. The van der Waals surface area contributed by atoms with Gasteiger partial charge in [0.25, 0.3) is 0 Å². The van der Waals surface area contributed by atoms with Crippen molar-refractivity contribution in [2.75, 3.05) is 19.8 Å². The number of aliphatic hydroxyl groups excluding tert-OH is 2. The summed E-state index contributed by atoms with van der Waals surface area (Å²) in [6.07, 6.45) is 4.38. The third-order valence-corrected chi connectivity index (χ3v) is 3.12. The molecule has 0 amide bonds. The number of carboxylic acids is 1. The number of aromatic nitrogens is 2. The van der Waals surface area contributed by atoms with Crippen molar-refractivity contribution in [3.8, 4) is 5.75 Å². The van der Waals surface area contributed by atoms with Crippen LogP contribution in [0.25, 0.3) is 11.0 Å². The SMILES string of the molecule is CCOc1c(C(=O)O)c(=O)oc2ccccc12.OCCCCO.c1cnon1. The Morgan fingerprint density at radius 2 is 1.71 bits per heavy atom. The zero-order valence-electron chi connectivity index (χ0n) is 15.3. The molecule has 28 heavy (non-hydrogen) atoms. The Morgan fingerprint density at radius 3 is 2.18 bits per heavy atom. The molecule has 1 aromatic carbocycles. The highest BCUT2D eigenvalue weighted by atomic mass is 16.6. The average molecular weight is 394 g/mol. The van der Waals surface area contributed by atoms with Gasteiger partial charge in [-0.1, -0.05) is 22.4 Å². The third kappa shape index (κ3) is 7.17. The van der Waals surface area contributed by atoms with Crippen LogP contribution in [0.15, 0.2) is 50.5 Å².